The third-order valence-corrected chi connectivity index (χ3v) is 6.21. The molecular formula is C16H20O8S2. The van der Waals surface area contributed by atoms with E-state index in [9.17, 15) is 26.7 Å². The van der Waals surface area contributed by atoms with Crippen LogP contribution in [0.1, 0.15) is 17.9 Å². The SMILES string of the molecule is CS(=O)(=O)O[C@H]1[C@H]2C[C@@H]([C@@H]1OS(C)(=O)=O)[C@H](C(=O)O)[C@@H]2c1ccccc1. The molecule has 0 saturated heterocycles. The number of carboxylic acid groups (broad SMARTS) is 1. The Bertz CT molecular complexity index is 893. The molecule has 2 saturated carbocycles. The maximum Gasteiger partial charge on any atom is 0.307 e. The van der Waals surface area contributed by atoms with Gasteiger partial charge in [0.25, 0.3) is 20.2 Å². The van der Waals surface area contributed by atoms with E-state index >= 15 is 0 Å². The molecule has 0 unspecified atom stereocenters. The summed E-state index contributed by atoms with van der Waals surface area (Å²) in [4.78, 5) is 11.9. The molecule has 0 heterocycles. The van der Waals surface area contributed by atoms with Crippen molar-refractivity contribution in [3.8, 4) is 0 Å². The molecule has 0 amide bonds. The lowest BCUT2D eigenvalue weighted by Crippen LogP contribution is -2.47. The van der Waals surface area contributed by atoms with Gasteiger partial charge >= 0.3 is 5.97 Å². The number of carbonyl (C=O) groups is 1. The highest BCUT2D eigenvalue weighted by atomic mass is 32.2. The van der Waals surface area contributed by atoms with E-state index in [0.717, 1.165) is 18.1 Å². The van der Waals surface area contributed by atoms with Gasteiger partial charge < -0.3 is 5.11 Å². The zero-order chi connectivity index (χ0) is 19.3. The Kier molecular flexibility index (Phi) is 4.89. The number of rotatable bonds is 6. The molecule has 3 rings (SSSR count). The van der Waals surface area contributed by atoms with E-state index in [1.54, 1.807) is 30.3 Å². The van der Waals surface area contributed by atoms with E-state index in [1.807, 2.05) is 0 Å². The van der Waals surface area contributed by atoms with Crippen molar-refractivity contribution in [2.24, 2.45) is 17.8 Å². The number of carboxylic acids is 1. The second-order valence-electron chi connectivity index (χ2n) is 6.89. The summed E-state index contributed by atoms with van der Waals surface area (Å²) in [5.41, 5.74) is 0.757. The van der Waals surface area contributed by atoms with Crippen LogP contribution in [0, 0.1) is 17.8 Å². The van der Waals surface area contributed by atoms with Crippen LogP contribution >= 0.6 is 0 Å². The molecule has 6 atom stereocenters. The van der Waals surface area contributed by atoms with Crippen LogP contribution in [0.25, 0.3) is 0 Å². The van der Waals surface area contributed by atoms with Crippen LogP contribution in [0.15, 0.2) is 30.3 Å². The lowest BCUT2D eigenvalue weighted by molar-refractivity contribution is -0.147. The highest BCUT2D eigenvalue weighted by Crippen LogP contribution is 2.59. The predicted molar refractivity (Wildman–Crippen MR) is 91.3 cm³/mol. The zero-order valence-electron chi connectivity index (χ0n) is 14.2. The number of fused-ring (bicyclic) bond motifs is 2. The standard InChI is InChI=1S/C16H20O8S2/c1-25(19,20)23-14-10-8-11(15(14)24-26(2,21)22)13(16(17)18)12(10)9-6-4-3-5-7-9/h3-7,10-15H,8H2,1-2H3,(H,17,18)/t10-,11+,12+,13-,14-,15-/m0/s1. The number of benzene rings is 1. The maximum absolute atomic E-state index is 11.9. The quantitative estimate of drug-likeness (QED) is 0.691. The summed E-state index contributed by atoms with van der Waals surface area (Å²) in [7, 11) is -7.80. The normalized spacial score (nSPS) is 34.1. The van der Waals surface area contributed by atoms with E-state index in [-0.39, 0.29) is 0 Å². The molecule has 2 aliphatic rings. The molecule has 2 aliphatic carbocycles. The van der Waals surface area contributed by atoms with E-state index < -0.39 is 62.1 Å². The first-order chi connectivity index (χ1) is 12.0. The van der Waals surface area contributed by atoms with Gasteiger partial charge in [0.2, 0.25) is 0 Å². The van der Waals surface area contributed by atoms with Crippen LogP contribution in [-0.4, -0.2) is 52.6 Å². The molecule has 2 bridgehead atoms. The highest BCUT2D eigenvalue weighted by molar-refractivity contribution is 7.86. The third kappa shape index (κ3) is 3.78. The van der Waals surface area contributed by atoms with Crippen LogP contribution in [0.4, 0.5) is 0 Å². The Morgan fingerprint density at radius 2 is 1.46 bits per heavy atom. The van der Waals surface area contributed by atoms with Gasteiger partial charge in [-0.2, -0.15) is 16.8 Å². The molecule has 10 heteroatoms. The predicted octanol–water partition coefficient (Wildman–Crippen LogP) is 0.810. The highest BCUT2D eigenvalue weighted by Gasteiger charge is 2.63. The van der Waals surface area contributed by atoms with Crippen molar-refractivity contribution >= 4 is 26.2 Å². The molecule has 1 aromatic rings. The Balaban J connectivity index is 2.04. The van der Waals surface area contributed by atoms with Gasteiger partial charge in [-0.25, -0.2) is 0 Å². The van der Waals surface area contributed by atoms with Gasteiger partial charge in [-0.15, -0.1) is 0 Å². The second kappa shape index (κ2) is 6.59. The van der Waals surface area contributed by atoms with Crippen molar-refractivity contribution in [1.82, 2.24) is 0 Å². The summed E-state index contributed by atoms with van der Waals surface area (Å²) in [6.45, 7) is 0. The first kappa shape index (κ1) is 19.3. The molecule has 0 aliphatic heterocycles. The summed E-state index contributed by atoms with van der Waals surface area (Å²) in [5.74, 6) is -3.57. The van der Waals surface area contributed by atoms with Crippen molar-refractivity contribution < 1.29 is 35.1 Å². The smallest absolute Gasteiger partial charge is 0.307 e. The molecule has 1 N–H and O–H groups in total. The van der Waals surface area contributed by atoms with Gasteiger partial charge in [-0.05, 0) is 17.9 Å². The molecule has 1 aromatic carbocycles. The Morgan fingerprint density at radius 3 is 1.92 bits per heavy atom. The Morgan fingerprint density at radius 1 is 0.962 bits per heavy atom. The maximum atomic E-state index is 11.9. The van der Waals surface area contributed by atoms with Crippen LogP contribution in [-0.2, 0) is 33.4 Å². The van der Waals surface area contributed by atoms with Gasteiger partial charge in [-0.1, -0.05) is 30.3 Å². The first-order valence-electron chi connectivity index (χ1n) is 8.02. The molecule has 26 heavy (non-hydrogen) atoms. The number of hydrogen-bond donors (Lipinski definition) is 1. The van der Waals surface area contributed by atoms with Crippen LogP contribution in [0.2, 0.25) is 0 Å². The van der Waals surface area contributed by atoms with E-state index in [1.165, 1.54) is 0 Å². The minimum Gasteiger partial charge on any atom is -0.481 e. The van der Waals surface area contributed by atoms with E-state index in [0.29, 0.717) is 6.42 Å². The fourth-order valence-corrected chi connectivity index (χ4v) is 5.74. The van der Waals surface area contributed by atoms with Crippen molar-refractivity contribution in [3.63, 3.8) is 0 Å². The summed E-state index contributed by atoms with van der Waals surface area (Å²) in [6, 6.07) is 8.91. The monoisotopic (exact) mass is 404 g/mol. The van der Waals surface area contributed by atoms with Crippen LogP contribution < -0.4 is 0 Å². The summed E-state index contributed by atoms with van der Waals surface area (Å²) >= 11 is 0. The van der Waals surface area contributed by atoms with Gasteiger partial charge in [-0.3, -0.25) is 13.2 Å². The average Bonchev–Trinajstić information content (AvgIpc) is 3.02. The van der Waals surface area contributed by atoms with Crippen molar-refractivity contribution in [2.75, 3.05) is 12.5 Å². The van der Waals surface area contributed by atoms with E-state index in [4.69, 9.17) is 8.37 Å². The minimum atomic E-state index is -3.92. The van der Waals surface area contributed by atoms with Crippen molar-refractivity contribution in [3.05, 3.63) is 35.9 Å². The van der Waals surface area contributed by atoms with Crippen molar-refractivity contribution in [1.29, 1.82) is 0 Å². The minimum absolute atomic E-state index is 0.316. The second-order valence-corrected chi connectivity index (χ2v) is 10.1. The van der Waals surface area contributed by atoms with Crippen molar-refractivity contribution in [2.45, 2.75) is 24.5 Å². The molecule has 0 spiro atoms. The topological polar surface area (TPSA) is 124 Å². The molecular weight excluding hydrogens is 384 g/mol. The van der Waals surface area contributed by atoms with Crippen LogP contribution in [0.3, 0.4) is 0 Å². The van der Waals surface area contributed by atoms with E-state index in [2.05, 4.69) is 0 Å². The fourth-order valence-electron chi connectivity index (χ4n) is 4.43. The van der Waals surface area contributed by atoms with Crippen LogP contribution in [0.5, 0.6) is 0 Å². The van der Waals surface area contributed by atoms with Gasteiger partial charge in [0.05, 0.1) is 18.4 Å². The summed E-state index contributed by atoms with van der Waals surface area (Å²) in [5, 5.41) is 9.74. The Hall–Kier alpha value is -1.49. The lowest BCUT2D eigenvalue weighted by atomic mass is 9.73. The zero-order valence-corrected chi connectivity index (χ0v) is 15.8. The average molecular weight is 404 g/mol. The van der Waals surface area contributed by atoms with Gasteiger partial charge in [0, 0.05) is 11.8 Å². The summed E-state index contributed by atoms with van der Waals surface area (Å²) < 4.78 is 56.9. The molecule has 0 aromatic heterocycles. The molecule has 2 fully saturated rings. The first-order valence-corrected chi connectivity index (χ1v) is 11.7. The lowest BCUT2D eigenvalue weighted by Gasteiger charge is -2.37. The molecule has 144 valence electrons. The number of aliphatic carboxylic acids is 1. The largest absolute Gasteiger partial charge is 0.481 e. The number of hydrogen-bond acceptors (Lipinski definition) is 7. The molecule has 8 nitrogen and oxygen atoms in total. The molecule has 0 radical (unpaired) electrons. The summed E-state index contributed by atoms with van der Waals surface area (Å²) in [6.07, 6.45) is -0.156. The third-order valence-electron chi connectivity index (χ3n) is 5.06. The fraction of sp³-hybridized carbons (Fsp3) is 0.562. The van der Waals surface area contributed by atoms with Gasteiger partial charge in [0.1, 0.15) is 12.2 Å². The Labute approximate surface area is 152 Å². The van der Waals surface area contributed by atoms with Gasteiger partial charge in [0.15, 0.2) is 0 Å².